The average molecular weight is 360 g/mol. The summed E-state index contributed by atoms with van der Waals surface area (Å²) in [5.74, 6) is 0. The van der Waals surface area contributed by atoms with Gasteiger partial charge in [0.15, 0.2) is 0 Å². The molecular formula is C18H20N2O4S. The first-order chi connectivity index (χ1) is 11.9. The van der Waals surface area contributed by atoms with Gasteiger partial charge in [0, 0.05) is 18.8 Å². The summed E-state index contributed by atoms with van der Waals surface area (Å²) in [5, 5.41) is 0. The molecule has 3 rings (SSSR count). The average Bonchev–Trinajstić information content (AvgIpc) is 2.60. The zero-order valence-corrected chi connectivity index (χ0v) is 15.0. The van der Waals surface area contributed by atoms with Crippen LogP contribution in [0.2, 0.25) is 0 Å². The van der Waals surface area contributed by atoms with E-state index in [1.807, 2.05) is 19.1 Å². The number of rotatable bonds is 3. The Morgan fingerprint density at radius 3 is 2.68 bits per heavy atom. The minimum absolute atomic E-state index is 0.224. The molecule has 0 bridgehead atoms. The molecule has 2 aromatic carbocycles. The predicted molar refractivity (Wildman–Crippen MR) is 94.9 cm³/mol. The van der Waals surface area contributed by atoms with Crippen LogP contribution in [0.4, 0.5) is 10.5 Å². The molecule has 0 spiro atoms. The highest BCUT2D eigenvalue weighted by Gasteiger charge is 2.22. The van der Waals surface area contributed by atoms with Gasteiger partial charge in [0.25, 0.3) is 10.0 Å². The summed E-state index contributed by atoms with van der Waals surface area (Å²) in [7, 11) is -2.30. The first-order valence-corrected chi connectivity index (χ1v) is 9.41. The van der Waals surface area contributed by atoms with E-state index in [1.165, 1.54) is 7.11 Å². The van der Waals surface area contributed by atoms with E-state index >= 15 is 0 Å². The fourth-order valence-electron chi connectivity index (χ4n) is 2.90. The van der Waals surface area contributed by atoms with E-state index in [1.54, 1.807) is 35.2 Å². The van der Waals surface area contributed by atoms with Gasteiger partial charge >= 0.3 is 6.09 Å². The minimum Gasteiger partial charge on any atom is -0.453 e. The third-order valence-electron chi connectivity index (χ3n) is 4.20. The number of anilines is 1. The number of carbonyl (C=O) groups excluding carboxylic acids is 1. The first kappa shape index (κ1) is 17.3. The molecule has 25 heavy (non-hydrogen) atoms. The SMILES string of the molecule is COC(=O)N1CCc2ccc(NS(=O)(=O)c3cccc(C)c3)cc2C1. The molecule has 0 aromatic heterocycles. The molecule has 1 amide bonds. The number of nitrogens with one attached hydrogen (secondary N) is 1. The Kier molecular flexibility index (Phi) is 4.67. The largest absolute Gasteiger partial charge is 0.453 e. The third kappa shape index (κ3) is 3.76. The molecular weight excluding hydrogens is 340 g/mol. The molecule has 0 aliphatic carbocycles. The van der Waals surface area contributed by atoms with Gasteiger partial charge in [0.05, 0.1) is 12.0 Å². The molecule has 0 radical (unpaired) electrons. The predicted octanol–water partition coefficient (Wildman–Crippen LogP) is 2.92. The maximum Gasteiger partial charge on any atom is 0.409 e. The van der Waals surface area contributed by atoms with Crippen molar-refractivity contribution in [1.82, 2.24) is 4.90 Å². The Hall–Kier alpha value is -2.54. The van der Waals surface area contributed by atoms with Gasteiger partial charge in [-0.3, -0.25) is 4.72 Å². The molecule has 0 fully saturated rings. The van der Waals surface area contributed by atoms with Crippen LogP contribution in [0.15, 0.2) is 47.4 Å². The third-order valence-corrected chi connectivity index (χ3v) is 5.58. The Morgan fingerprint density at radius 2 is 1.96 bits per heavy atom. The molecule has 0 unspecified atom stereocenters. The lowest BCUT2D eigenvalue weighted by Gasteiger charge is -2.28. The van der Waals surface area contributed by atoms with Crippen LogP contribution in [-0.2, 0) is 27.7 Å². The van der Waals surface area contributed by atoms with Crippen molar-refractivity contribution in [3.63, 3.8) is 0 Å². The molecule has 6 nitrogen and oxygen atoms in total. The van der Waals surface area contributed by atoms with Crippen LogP contribution < -0.4 is 4.72 Å². The highest BCUT2D eigenvalue weighted by Crippen LogP contribution is 2.25. The molecule has 1 N–H and O–H groups in total. The van der Waals surface area contributed by atoms with Gasteiger partial charge < -0.3 is 9.64 Å². The van der Waals surface area contributed by atoms with E-state index in [-0.39, 0.29) is 11.0 Å². The van der Waals surface area contributed by atoms with Gasteiger partial charge in [-0.2, -0.15) is 0 Å². The zero-order valence-electron chi connectivity index (χ0n) is 14.2. The lowest BCUT2D eigenvalue weighted by Crippen LogP contribution is -2.35. The van der Waals surface area contributed by atoms with Crippen LogP contribution in [0.3, 0.4) is 0 Å². The summed E-state index contributed by atoms with van der Waals surface area (Å²) in [6.07, 6.45) is 0.339. The van der Waals surface area contributed by atoms with Crippen LogP contribution in [-0.4, -0.2) is 33.1 Å². The Morgan fingerprint density at radius 1 is 1.16 bits per heavy atom. The molecule has 1 aliphatic heterocycles. The molecule has 0 atom stereocenters. The van der Waals surface area contributed by atoms with E-state index in [0.29, 0.717) is 18.8 Å². The van der Waals surface area contributed by atoms with Crippen LogP contribution in [0.1, 0.15) is 16.7 Å². The number of nitrogens with zero attached hydrogens (tertiary/aromatic N) is 1. The van der Waals surface area contributed by atoms with Gasteiger partial charge in [0.1, 0.15) is 0 Å². The topological polar surface area (TPSA) is 75.7 Å². The second kappa shape index (κ2) is 6.76. The minimum atomic E-state index is -3.65. The molecule has 2 aromatic rings. The maximum absolute atomic E-state index is 12.5. The number of fused-ring (bicyclic) bond motifs is 1. The van der Waals surface area contributed by atoms with Crippen LogP contribution in [0.5, 0.6) is 0 Å². The molecule has 132 valence electrons. The fourth-order valence-corrected chi connectivity index (χ4v) is 4.06. The number of carbonyl (C=O) groups is 1. The molecule has 0 saturated heterocycles. The summed E-state index contributed by atoms with van der Waals surface area (Å²) >= 11 is 0. The highest BCUT2D eigenvalue weighted by molar-refractivity contribution is 7.92. The van der Waals surface area contributed by atoms with Crippen molar-refractivity contribution in [2.24, 2.45) is 0 Å². The molecule has 7 heteroatoms. The van der Waals surface area contributed by atoms with E-state index in [2.05, 4.69) is 4.72 Å². The summed E-state index contributed by atoms with van der Waals surface area (Å²) in [6, 6.07) is 12.2. The normalized spacial score (nSPS) is 13.9. The fraction of sp³-hybridized carbons (Fsp3) is 0.278. The van der Waals surface area contributed by atoms with Crippen LogP contribution >= 0.6 is 0 Å². The monoisotopic (exact) mass is 360 g/mol. The Labute approximate surface area is 147 Å². The lowest BCUT2D eigenvalue weighted by atomic mass is 9.99. The number of hydrogen-bond donors (Lipinski definition) is 1. The molecule has 1 aliphatic rings. The molecule has 0 saturated carbocycles. The molecule has 1 heterocycles. The summed E-state index contributed by atoms with van der Waals surface area (Å²) in [4.78, 5) is 13.5. The van der Waals surface area contributed by atoms with Crippen molar-refractivity contribution in [2.45, 2.75) is 24.8 Å². The van der Waals surface area contributed by atoms with Gasteiger partial charge in [-0.1, -0.05) is 18.2 Å². The van der Waals surface area contributed by atoms with E-state index in [0.717, 1.165) is 23.1 Å². The summed E-state index contributed by atoms with van der Waals surface area (Å²) < 4.78 is 32.5. The first-order valence-electron chi connectivity index (χ1n) is 7.93. The number of hydrogen-bond acceptors (Lipinski definition) is 4. The van der Waals surface area contributed by atoms with Gasteiger partial charge in [-0.05, 0) is 54.3 Å². The summed E-state index contributed by atoms with van der Waals surface area (Å²) in [6.45, 7) is 2.84. The summed E-state index contributed by atoms with van der Waals surface area (Å²) in [5.41, 5.74) is 3.38. The van der Waals surface area contributed by atoms with Gasteiger partial charge in [-0.15, -0.1) is 0 Å². The maximum atomic E-state index is 12.5. The second-order valence-electron chi connectivity index (χ2n) is 6.05. The van der Waals surface area contributed by atoms with Crippen LogP contribution in [0, 0.1) is 6.92 Å². The van der Waals surface area contributed by atoms with Gasteiger partial charge in [-0.25, -0.2) is 13.2 Å². The van der Waals surface area contributed by atoms with Crippen molar-refractivity contribution >= 4 is 21.8 Å². The lowest BCUT2D eigenvalue weighted by molar-refractivity contribution is 0.118. The number of ether oxygens (including phenoxy) is 1. The van der Waals surface area contributed by atoms with Crippen molar-refractivity contribution in [3.05, 3.63) is 59.2 Å². The number of benzene rings is 2. The quantitative estimate of drug-likeness (QED) is 0.913. The Bertz CT molecular complexity index is 909. The smallest absolute Gasteiger partial charge is 0.409 e. The number of sulfonamides is 1. The van der Waals surface area contributed by atoms with Crippen molar-refractivity contribution < 1.29 is 17.9 Å². The second-order valence-corrected chi connectivity index (χ2v) is 7.73. The van der Waals surface area contributed by atoms with Crippen molar-refractivity contribution in [3.8, 4) is 0 Å². The van der Waals surface area contributed by atoms with Crippen LogP contribution in [0.25, 0.3) is 0 Å². The van der Waals surface area contributed by atoms with E-state index in [4.69, 9.17) is 4.74 Å². The zero-order chi connectivity index (χ0) is 18.0. The van der Waals surface area contributed by atoms with Crippen molar-refractivity contribution in [1.29, 1.82) is 0 Å². The number of amides is 1. The standard InChI is InChI=1S/C18H20N2O4S/c1-13-4-3-5-17(10-13)25(22,23)19-16-7-6-14-8-9-20(18(21)24-2)12-15(14)11-16/h3-7,10-11,19H,8-9,12H2,1-2H3. The number of methoxy groups -OCH3 is 1. The van der Waals surface area contributed by atoms with Crippen molar-refractivity contribution in [2.75, 3.05) is 18.4 Å². The van der Waals surface area contributed by atoms with E-state index < -0.39 is 10.0 Å². The van der Waals surface area contributed by atoms with E-state index in [9.17, 15) is 13.2 Å². The van der Waals surface area contributed by atoms with Gasteiger partial charge in [0.2, 0.25) is 0 Å². The number of aryl methyl sites for hydroxylation is 1. The Balaban J connectivity index is 1.84. The highest BCUT2D eigenvalue weighted by atomic mass is 32.2.